The highest BCUT2D eigenvalue weighted by Crippen LogP contribution is 2.18. The molecule has 0 aliphatic carbocycles. The zero-order chi connectivity index (χ0) is 12.8. The van der Waals surface area contributed by atoms with Crippen molar-refractivity contribution < 1.29 is 9.18 Å². The molecule has 1 unspecified atom stereocenters. The molecule has 3 N–H and O–H groups in total. The van der Waals surface area contributed by atoms with Gasteiger partial charge in [-0.05, 0) is 26.1 Å². The summed E-state index contributed by atoms with van der Waals surface area (Å²) < 4.78 is 13.6. The number of nitrogens with two attached hydrogens (primary N) is 1. The third-order valence-electron chi connectivity index (χ3n) is 2.67. The standard InChI is InChI=1S/C12H18FN3O/c1-3-16(8-10(15-2)12(14)17)11-7-5-4-6-9(11)13/h4-7,10,15H,3,8H2,1-2H3,(H2,14,17). The molecular formula is C12H18FN3O. The van der Waals surface area contributed by atoms with Crippen molar-refractivity contribution in [1.29, 1.82) is 0 Å². The van der Waals surface area contributed by atoms with Gasteiger partial charge >= 0.3 is 0 Å². The third-order valence-corrected chi connectivity index (χ3v) is 2.67. The zero-order valence-electron chi connectivity index (χ0n) is 10.1. The maximum absolute atomic E-state index is 13.6. The summed E-state index contributed by atoms with van der Waals surface area (Å²) in [7, 11) is 1.66. The number of carbonyl (C=O) groups is 1. The fourth-order valence-electron chi connectivity index (χ4n) is 1.65. The summed E-state index contributed by atoms with van der Waals surface area (Å²) in [6, 6.07) is 5.99. The molecule has 94 valence electrons. The van der Waals surface area contributed by atoms with Crippen LogP contribution in [0.2, 0.25) is 0 Å². The minimum Gasteiger partial charge on any atom is -0.368 e. The number of likely N-dealkylation sites (N-methyl/N-ethyl adjacent to an activating group) is 2. The Morgan fingerprint density at radius 2 is 2.18 bits per heavy atom. The van der Waals surface area contributed by atoms with Crippen molar-refractivity contribution in [1.82, 2.24) is 5.32 Å². The van der Waals surface area contributed by atoms with Crippen LogP contribution in [0, 0.1) is 5.82 Å². The lowest BCUT2D eigenvalue weighted by Gasteiger charge is -2.27. The first-order chi connectivity index (χ1) is 8.10. The minimum atomic E-state index is -0.491. The van der Waals surface area contributed by atoms with Gasteiger partial charge in [0.1, 0.15) is 11.9 Å². The van der Waals surface area contributed by atoms with Gasteiger partial charge in [0.05, 0.1) is 5.69 Å². The van der Waals surface area contributed by atoms with Crippen LogP contribution < -0.4 is 16.0 Å². The van der Waals surface area contributed by atoms with E-state index in [1.807, 2.05) is 6.92 Å². The molecule has 0 bridgehead atoms. The Balaban J connectivity index is 2.85. The first-order valence-electron chi connectivity index (χ1n) is 5.56. The first-order valence-corrected chi connectivity index (χ1v) is 5.56. The third kappa shape index (κ3) is 3.42. The van der Waals surface area contributed by atoms with Crippen LogP contribution in [0.25, 0.3) is 0 Å². The molecule has 0 saturated carbocycles. The molecule has 0 saturated heterocycles. The van der Waals surface area contributed by atoms with Gasteiger partial charge in [-0.1, -0.05) is 12.1 Å². The Labute approximate surface area is 101 Å². The van der Waals surface area contributed by atoms with Crippen molar-refractivity contribution in [3.05, 3.63) is 30.1 Å². The molecular weight excluding hydrogens is 221 g/mol. The number of nitrogens with zero attached hydrogens (tertiary/aromatic N) is 1. The molecule has 0 fully saturated rings. The summed E-state index contributed by atoms with van der Waals surface area (Å²) >= 11 is 0. The number of benzene rings is 1. The summed E-state index contributed by atoms with van der Waals surface area (Å²) in [4.78, 5) is 12.9. The number of para-hydroxylation sites is 1. The van der Waals surface area contributed by atoms with Crippen LogP contribution in [-0.4, -0.2) is 32.1 Å². The van der Waals surface area contributed by atoms with Gasteiger partial charge in [0.15, 0.2) is 0 Å². The minimum absolute atomic E-state index is 0.298. The van der Waals surface area contributed by atoms with Crippen molar-refractivity contribution in [2.24, 2.45) is 5.73 Å². The highest BCUT2D eigenvalue weighted by atomic mass is 19.1. The number of amides is 1. The highest BCUT2D eigenvalue weighted by Gasteiger charge is 2.18. The molecule has 1 aromatic rings. The van der Waals surface area contributed by atoms with Gasteiger partial charge in [0, 0.05) is 13.1 Å². The Hall–Kier alpha value is -1.62. The molecule has 0 aliphatic heterocycles. The monoisotopic (exact) mass is 239 g/mol. The first kappa shape index (κ1) is 13.4. The van der Waals surface area contributed by atoms with Crippen LogP contribution in [0.1, 0.15) is 6.92 Å². The zero-order valence-corrected chi connectivity index (χ0v) is 10.1. The van der Waals surface area contributed by atoms with E-state index in [1.54, 1.807) is 30.1 Å². The van der Waals surface area contributed by atoms with Crippen molar-refractivity contribution in [2.75, 3.05) is 25.0 Å². The molecule has 1 rings (SSSR count). The molecule has 0 radical (unpaired) electrons. The smallest absolute Gasteiger partial charge is 0.236 e. The number of rotatable bonds is 6. The van der Waals surface area contributed by atoms with E-state index in [1.165, 1.54) is 6.07 Å². The summed E-state index contributed by atoms with van der Waals surface area (Å²) in [5, 5.41) is 2.82. The molecule has 5 heteroatoms. The van der Waals surface area contributed by atoms with Crippen LogP contribution in [0.5, 0.6) is 0 Å². The van der Waals surface area contributed by atoms with E-state index in [0.29, 0.717) is 18.8 Å². The summed E-state index contributed by atoms with van der Waals surface area (Å²) in [5.41, 5.74) is 5.73. The number of anilines is 1. The van der Waals surface area contributed by atoms with Gasteiger partial charge in [-0.3, -0.25) is 4.79 Å². The van der Waals surface area contributed by atoms with Crippen LogP contribution in [-0.2, 0) is 4.79 Å². The van der Waals surface area contributed by atoms with Crippen molar-refractivity contribution in [3.63, 3.8) is 0 Å². The topological polar surface area (TPSA) is 58.4 Å². The van der Waals surface area contributed by atoms with Gasteiger partial charge in [-0.25, -0.2) is 4.39 Å². The van der Waals surface area contributed by atoms with Gasteiger partial charge in [-0.2, -0.15) is 0 Å². The lowest BCUT2D eigenvalue weighted by atomic mass is 10.2. The molecule has 1 atom stereocenters. The second-order valence-corrected chi connectivity index (χ2v) is 3.73. The SMILES string of the molecule is CCN(CC(NC)C(N)=O)c1ccccc1F. The van der Waals surface area contributed by atoms with Crippen molar-refractivity contribution in [2.45, 2.75) is 13.0 Å². The molecule has 0 aliphatic rings. The second-order valence-electron chi connectivity index (χ2n) is 3.73. The lowest BCUT2D eigenvalue weighted by molar-refractivity contribution is -0.119. The Morgan fingerprint density at radius 1 is 1.53 bits per heavy atom. The Kier molecular flexibility index (Phi) is 4.90. The lowest BCUT2D eigenvalue weighted by Crippen LogP contribution is -2.48. The van der Waals surface area contributed by atoms with E-state index in [2.05, 4.69) is 5.32 Å². The van der Waals surface area contributed by atoms with Crippen LogP contribution >= 0.6 is 0 Å². The number of primary amides is 1. The normalized spacial score (nSPS) is 12.2. The van der Waals surface area contributed by atoms with Gasteiger partial charge < -0.3 is 16.0 Å². The Morgan fingerprint density at radius 3 is 2.65 bits per heavy atom. The molecule has 0 heterocycles. The molecule has 1 amide bonds. The molecule has 17 heavy (non-hydrogen) atoms. The van der Waals surface area contributed by atoms with E-state index in [9.17, 15) is 9.18 Å². The number of hydrogen-bond acceptors (Lipinski definition) is 3. The fraction of sp³-hybridized carbons (Fsp3) is 0.417. The summed E-state index contributed by atoms with van der Waals surface area (Å²) in [6.45, 7) is 2.86. The number of hydrogen-bond donors (Lipinski definition) is 2. The van der Waals surface area contributed by atoms with Crippen molar-refractivity contribution >= 4 is 11.6 Å². The van der Waals surface area contributed by atoms with Crippen molar-refractivity contribution in [3.8, 4) is 0 Å². The Bertz CT molecular complexity index is 384. The van der Waals surface area contributed by atoms with Crippen LogP contribution in [0.15, 0.2) is 24.3 Å². The number of halogens is 1. The second kappa shape index (κ2) is 6.20. The number of nitrogens with one attached hydrogen (secondary N) is 1. The highest BCUT2D eigenvalue weighted by molar-refractivity contribution is 5.80. The predicted octanol–water partition coefficient (Wildman–Crippen LogP) is 0.725. The van der Waals surface area contributed by atoms with Gasteiger partial charge in [0.2, 0.25) is 5.91 Å². The average molecular weight is 239 g/mol. The average Bonchev–Trinajstić information content (AvgIpc) is 2.31. The summed E-state index contributed by atoms with van der Waals surface area (Å²) in [5.74, 6) is -0.740. The van der Waals surface area contributed by atoms with Crippen LogP contribution in [0.4, 0.5) is 10.1 Å². The maximum atomic E-state index is 13.6. The molecule has 4 nitrogen and oxygen atoms in total. The molecule has 1 aromatic carbocycles. The van der Waals surface area contributed by atoms with E-state index in [0.717, 1.165) is 0 Å². The molecule has 0 aromatic heterocycles. The van der Waals surface area contributed by atoms with E-state index in [-0.39, 0.29) is 5.82 Å². The predicted molar refractivity (Wildman–Crippen MR) is 66.3 cm³/mol. The number of carbonyl (C=O) groups excluding carboxylic acids is 1. The summed E-state index contributed by atoms with van der Waals surface area (Å²) in [6.07, 6.45) is 0. The van der Waals surface area contributed by atoms with Gasteiger partial charge in [-0.15, -0.1) is 0 Å². The van der Waals surface area contributed by atoms with E-state index in [4.69, 9.17) is 5.73 Å². The fourth-order valence-corrected chi connectivity index (χ4v) is 1.65. The maximum Gasteiger partial charge on any atom is 0.236 e. The van der Waals surface area contributed by atoms with E-state index < -0.39 is 11.9 Å². The largest absolute Gasteiger partial charge is 0.368 e. The van der Waals surface area contributed by atoms with Crippen LogP contribution in [0.3, 0.4) is 0 Å². The quantitative estimate of drug-likeness (QED) is 0.769. The van der Waals surface area contributed by atoms with E-state index >= 15 is 0 Å². The van der Waals surface area contributed by atoms with Gasteiger partial charge in [0.25, 0.3) is 0 Å². The molecule has 0 spiro atoms.